The van der Waals surface area contributed by atoms with Crippen LogP contribution >= 0.6 is 0 Å². The van der Waals surface area contributed by atoms with Crippen LogP contribution in [0.2, 0.25) is 0 Å². The van der Waals surface area contributed by atoms with E-state index in [2.05, 4.69) is 10.3 Å². The molecule has 0 unspecified atom stereocenters. The SMILES string of the molecule is O=C(Nc1ccnc2c1ccc1ccccc12)c1ccc(S(=O)(=O)N2CCCC2)cc1. The predicted octanol–water partition coefficient (Wildman–Crippen LogP) is 4.42. The van der Waals surface area contributed by atoms with Gasteiger partial charge < -0.3 is 5.32 Å². The van der Waals surface area contributed by atoms with Crippen molar-refractivity contribution >= 4 is 43.3 Å². The van der Waals surface area contributed by atoms with E-state index >= 15 is 0 Å². The Bertz CT molecular complexity index is 1390. The summed E-state index contributed by atoms with van der Waals surface area (Å²) in [5.41, 5.74) is 1.88. The maximum absolute atomic E-state index is 12.8. The Morgan fingerprint density at radius 3 is 2.39 bits per heavy atom. The highest BCUT2D eigenvalue weighted by atomic mass is 32.2. The number of fused-ring (bicyclic) bond motifs is 3. The molecule has 1 fully saturated rings. The lowest BCUT2D eigenvalue weighted by Gasteiger charge is -2.15. The summed E-state index contributed by atoms with van der Waals surface area (Å²) in [6.45, 7) is 1.10. The van der Waals surface area contributed by atoms with Crippen LogP contribution in [0.25, 0.3) is 21.7 Å². The monoisotopic (exact) mass is 431 g/mol. The molecule has 0 saturated carbocycles. The summed E-state index contributed by atoms with van der Waals surface area (Å²) in [5, 5.41) is 5.90. The van der Waals surface area contributed by atoms with Crippen LogP contribution in [0.3, 0.4) is 0 Å². The molecule has 2 heterocycles. The maximum atomic E-state index is 12.8. The van der Waals surface area contributed by atoms with Gasteiger partial charge in [0.2, 0.25) is 10.0 Å². The third-order valence-corrected chi connectivity index (χ3v) is 7.62. The van der Waals surface area contributed by atoms with Crippen molar-refractivity contribution in [1.29, 1.82) is 0 Å². The van der Waals surface area contributed by atoms with Crippen LogP contribution in [-0.2, 0) is 10.0 Å². The molecule has 7 heteroatoms. The Labute approximate surface area is 180 Å². The summed E-state index contributed by atoms with van der Waals surface area (Å²) < 4.78 is 26.9. The zero-order chi connectivity index (χ0) is 21.4. The van der Waals surface area contributed by atoms with Gasteiger partial charge in [-0.1, -0.05) is 36.4 Å². The van der Waals surface area contributed by atoms with Gasteiger partial charge in [0.05, 0.1) is 16.1 Å². The van der Waals surface area contributed by atoms with E-state index in [1.165, 1.54) is 16.4 Å². The van der Waals surface area contributed by atoms with Gasteiger partial charge in [-0.05, 0) is 48.6 Å². The Balaban J connectivity index is 1.43. The van der Waals surface area contributed by atoms with Gasteiger partial charge in [0.1, 0.15) is 0 Å². The molecule has 1 aliphatic rings. The van der Waals surface area contributed by atoms with Gasteiger partial charge in [-0.3, -0.25) is 9.78 Å². The number of anilines is 1. The van der Waals surface area contributed by atoms with Gasteiger partial charge in [0.25, 0.3) is 5.91 Å². The molecule has 1 saturated heterocycles. The number of nitrogens with zero attached hydrogens (tertiary/aromatic N) is 2. The first kappa shape index (κ1) is 19.7. The van der Waals surface area contributed by atoms with Gasteiger partial charge in [-0.15, -0.1) is 0 Å². The van der Waals surface area contributed by atoms with E-state index in [0.29, 0.717) is 24.3 Å². The molecule has 1 aromatic heterocycles. The third-order valence-electron chi connectivity index (χ3n) is 5.70. The van der Waals surface area contributed by atoms with Crippen molar-refractivity contribution in [2.75, 3.05) is 18.4 Å². The van der Waals surface area contributed by atoms with Gasteiger partial charge >= 0.3 is 0 Å². The van der Waals surface area contributed by atoms with E-state index in [1.54, 1.807) is 24.4 Å². The molecule has 0 spiro atoms. The van der Waals surface area contributed by atoms with Crippen LogP contribution in [0.5, 0.6) is 0 Å². The van der Waals surface area contributed by atoms with E-state index in [-0.39, 0.29) is 10.8 Å². The first-order chi connectivity index (χ1) is 15.0. The van der Waals surface area contributed by atoms with Crippen molar-refractivity contribution in [3.63, 3.8) is 0 Å². The third kappa shape index (κ3) is 3.56. The summed E-state index contributed by atoms with van der Waals surface area (Å²) in [4.78, 5) is 17.6. The zero-order valence-corrected chi connectivity index (χ0v) is 17.6. The molecule has 1 N–H and O–H groups in total. The minimum Gasteiger partial charge on any atom is -0.321 e. The fourth-order valence-electron chi connectivity index (χ4n) is 4.05. The quantitative estimate of drug-likeness (QED) is 0.485. The lowest BCUT2D eigenvalue weighted by molar-refractivity contribution is 0.102. The molecule has 4 aromatic rings. The summed E-state index contributed by atoms with van der Waals surface area (Å²) in [5.74, 6) is -0.300. The van der Waals surface area contributed by atoms with Crippen molar-refractivity contribution in [3.8, 4) is 0 Å². The molecule has 156 valence electrons. The highest BCUT2D eigenvalue weighted by molar-refractivity contribution is 7.89. The number of hydrogen-bond donors (Lipinski definition) is 1. The first-order valence-electron chi connectivity index (χ1n) is 10.2. The lowest BCUT2D eigenvalue weighted by Crippen LogP contribution is -2.27. The number of aromatic nitrogens is 1. The molecule has 0 radical (unpaired) electrons. The summed E-state index contributed by atoms with van der Waals surface area (Å²) in [6, 6.07) is 19.8. The van der Waals surface area contributed by atoms with Crippen molar-refractivity contribution in [2.24, 2.45) is 0 Å². The average molecular weight is 432 g/mol. The molecule has 31 heavy (non-hydrogen) atoms. The van der Waals surface area contributed by atoms with Crippen LogP contribution in [-0.4, -0.2) is 36.7 Å². The predicted molar refractivity (Wildman–Crippen MR) is 122 cm³/mol. The average Bonchev–Trinajstić information content (AvgIpc) is 3.35. The Kier molecular flexibility index (Phi) is 4.92. The van der Waals surface area contributed by atoms with E-state index in [0.717, 1.165) is 34.5 Å². The number of hydrogen-bond acceptors (Lipinski definition) is 4. The van der Waals surface area contributed by atoms with E-state index in [9.17, 15) is 13.2 Å². The highest BCUT2D eigenvalue weighted by Crippen LogP contribution is 2.29. The molecule has 0 aliphatic carbocycles. The van der Waals surface area contributed by atoms with Crippen LogP contribution in [0, 0.1) is 0 Å². The van der Waals surface area contributed by atoms with E-state index in [1.807, 2.05) is 36.4 Å². The summed E-state index contributed by atoms with van der Waals surface area (Å²) in [7, 11) is -3.50. The van der Waals surface area contributed by atoms with Gasteiger partial charge in [-0.2, -0.15) is 4.31 Å². The normalized spacial score (nSPS) is 14.8. The molecule has 1 amide bonds. The van der Waals surface area contributed by atoms with Crippen molar-refractivity contribution in [1.82, 2.24) is 9.29 Å². The lowest BCUT2D eigenvalue weighted by atomic mass is 10.1. The largest absolute Gasteiger partial charge is 0.321 e. The van der Waals surface area contributed by atoms with E-state index in [4.69, 9.17) is 0 Å². The minimum absolute atomic E-state index is 0.215. The van der Waals surface area contributed by atoms with Crippen LogP contribution in [0.4, 0.5) is 5.69 Å². The van der Waals surface area contributed by atoms with Crippen LogP contribution in [0.1, 0.15) is 23.2 Å². The molecule has 3 aromatic carbocycles. The summed E-state index contributed by atoms with van der Waals surface area (Å²) >= 11 is 0. The van der Waals surface area contributed by atoms with Crippen LogP contribution < -0.4 is 5.32 Å². The van der Waals surface area contributed by atoms with Gasteiger partial charge in [0, 0.05) is 35.6 Å². The number of benzene rings is 3. The number of pyridine rings is 1. The second-order valence-corrected chi connectivity index (χ2v) is 9.57. The standard InChI is InChI=1S/C24H21N3O3S/c28-24(18-7-10-19(11-8-18)31(29,30)27-15-3-4-16-27)26-22-13-14-25-23-20-6-2-1-5-17(20)9-12-21(22)23/h1-2,5-14H,3-4,15-16H2,(H,25,26,28). The maximum Gasteiger partial charge on any atom is 0.255 e. The van der Waals surface area contributed by atoms with E-state index < -0.39 is 10.0 Å². The number of rotatable bonds is 4. The first-order valence-corrected chi connectivity index (χ1v) is 11.7. The number of nitrogens with one attached hydrogen (secondary N) is 1. The fraction of sp³-hybridized carbons (Fsp3) is 0.167. The topological polar surface area (TPSA) is 79.4 Å². The molecular formula is C24H21N3O3S. The highest BCUT2D eigenvalue weighted by Gasteiger charge is 2.27. The van der Waals surface area contributed by atoms with Crippen molar-refractivity contribution < 1.29 is 13.2 Å². The molecule has 6 nitrogen and oxygen atoms in total. The summed E-state index contributed by atoms with van der Waals surface area (Å²) in [6.07, 6.45) is 3.44. The Morgan fingerprint density at radius 1 is 0.871 bits per heavy atom. The molecule has 0 bridgehead atoms. The number of amides is 1. The van der Waals surface area contributed by atoms with Crippen molar-refractivity contribution in [2.45, 2.75) is 17.7 Å². The second-order valence-electron chi connectivity index (χ2n) is 7.63. The molecule has 5 rings (SSSR count). The number of sulfonamides is 1. The Morgan fingerprint density at radius 2 is 1.61 bits per heavy atom. The van der Waals surface area contributed by atoms with Gasteiger partial charge in [-0.25, -0.2) is 8.42 Å². The zero-order valence-electron chi connectivity index (χ0n) is 16.8. The smallest absolute Gasteiger partial charge is 0.255 e. The number of carbonyl (C=O) groups is 1. The minimum atomic E-state index is -3.50. The van der Waals surface area contributed by atoms with Crippen LogP contribution in [0.15, 0.2) is 77.8 Å². The van der Waals surface area contributed by atoms with Gasteiger partial charge in [0.15, 0.2) is 0 Å². The second kappa shape index (κ2) is 7.76. The molecular weight excluding hydrogens is 410 g/mol. The number of carbonyl (C=O) groups excluding carboxylic acids is 1. The Hall–Kier alpha value is -3.29. The molecule has 1 aliphatic heterocycles. The molecule has 0 atom stereocenters. The van der Waals surface area contributed by atoms with Crippen molar-refractivity contribution in [3.05, 3.63) is 78.5 Å². The fourth-order valence-corrected chi connectivity index (χ4v) is 5.56.